The number of rotatable bonds is 4. The van der Waals surface area contributed by atoms with Crippen LogP contribution in [-0.4, -0.2) is 0 Å². The van der Waals surface area contributed by atoms with Crippen LogP contribution in [0.15, 0.2) is 78.9 Å². The second-order valence-corrected chi connectivity index (χ2v) is 10.9. The van der Waals surface area contributed by atoms with E-state index in [1.54, 1.807) is 0 Å². The molecule has 0 aromatic heterocycles. The first-order valence-electron chi connectivity index (χ1n) is 11.8. The Kier molecular flexibility index (Phi) is 9.59. The summed E-state index contributed by atoms with van der Waals surface area (Å²) in [5, 5.41) is 0. The van der Waals surface area contributed by atoms with Gasteiger partial charge in [-0.3, -0.25) is 0 Å². The van der Waals surface area contributed by atoms with E-state index < -0.39 is 0 Å². The fraction of sp³-hybridized carbons (Fsp3) is 0.188. The van der Waals surface area contributed by atoms with Crippen molar-refractivity contribution < 1.29 is 14.4 Å². The third-order valence-corrected chi connectivity index (χ3v) is 6.45. The van der Waals surface area contributed by atoms with Crippen molar-refractivity contribution in [2.75, 3.05) is 0 Å². The van der Waals surface area contributed by atoms with Crippen LogP contribution < -0.4 is 0 Å². The zero-order chi connectivity index (χ0) is 24.5. The van der Waals surface area contributed by atoms with Gasteiger partial charge in [0.2, 0.25) is 0 Å². The van der Waals surface area contributed by atoms with Crippen LogP contribution in [0.1, 0.15) is 47.1 Å². The molecule has 0 saturated carbocycles. The minimum atomic E-state index is -0.368. The summed E-state index contributed by atoms with van der Waals surface area (Å²) in [5.41, 5.74) is 12.6. The quantitative estimate of drug-likeness (QED) is 0.121. The normalized spacial score (nSPS) is 11.3. The van der Waals surface area contributed by atoms with E-state index >= 15 is 0 Å². The maximum absolute atomic E-state index is 5.31. The van der Waals surface area contributed by atoms with E-state index in [2.05, 4.69) is 90.8 Å². The van der Waals surface area contributed by atoms with Crippen LogP contribution in [0.4, 0.5) is 0 Å². The fourth-order valence-corrected chi connectivity index (χ4v) is 4.92. The van der Waals surface area contributed by atoms with Crippen LogP contribution in [0.3, 0.4) is 0 Å². The summed E-state index contributed by atoms with van der Waals surface area (Å²) in [4.78, 5) is 0. The van der Waals surface area contributed by atoms with Gasteiger partial charge in [-0.2, -0.15) is 48.0 Å². The summed E-state index contributed by atoms with van der Waals surface area (Å²) in [6.07, 6.45) is 11.7. The second-order valence-electron chi connectivity index (χ2n) is 8.56. The fourth-order valence-electron chi connectivity index (χ4n) is 4.92. The Morgan fingerprint density at radius 3 is 2.14 bits per heavy atom. The Hall–Kier alpha value is -2.40. The molecule has 0 radical (unpaired) electrons. The third kappa shape index (κ3) is 6.24. The van der Waals surface area contributed by atoms with Gasteiger partial charge in [0.05, 0.1) is 0 Å². The first-order chi connectivity index (χ1) is 17.3. The van der Waals surface area contributed by atoms with Crippen molar-refractivity contribution >= 4 is 19.7 Å². The monoisotopic (exact) mass is 531 g/mol. The average Bonchev–Trinajstić information content (AvgIpc) is 3.46. The molecule has 0 saturated heterocycles. The SMILES string of the molecule is C#CCCCCc1cc[c-]c2c1-c1ccccc1C2.[Cl][V][Cl].[c-]1cccc2c1Cc1ccccc1-2. The van der Waals surface area contributed by atoms with Gasteiger partial charge in [-0.15, -0.1) is 34.6 Å². The molecule has 2 aliphatic rings. The molecule has 0 N–H and O–H groups in total. The smallest absolute Gasteiger partial charge is 0.0253 e. The van der Waals surface area contributed by atoms with E-state index in [1.165, 1.54) is 56.5 Å². The van der Waals surface area contributed by atoms with E-state index in [9.17, 15) is 0 Å². The number of unbranched alkanes of at least 4 members (excludes halogenated alkanes) is 2. The van der Waals surface area contributed by atoms with Gasteiger partial charge in [0.15, 0.2) is 0 Å². The van der Waals surface area contributed by atoms with Crippen LogP contribution in [-0.2, 0) is 33.6 Å². The zero-order valence-corrected chi connectivity index (χ0v) is 22.4. The maximum Gasteiger partial charge on any atom is -0.0253 e. The van der Waals surface area contributed by atoms with Crippen LogP contribution in [0, 0.1) is 24.5 Å². The zero-order valence-electron chi connectivity index (χ0n) is 19.5. The van der Waals surface area contributed by atoms with E-state index in [0.717, 1.165) is 32.1 Å². The summed E-state index contributed by atoms with van der Waals surface area (Å²) >= 11 is -0.368. The van der Waals surface area contributed by atoms with Gasteiger partial charge < -0.3 is 0 Å². The standard InChI is InChI=1S/C19H17.C13H9.2ClH.V/c1-2-3-4-5-9-15-11-8-12-17-14-16-10-6-7-13-18(16)19(15)17;1-3-7-12-10(5-1)9-11-6-2-4-8-13(11)12;;;/h1,6-8,10-11,13H,3-5,9,14H2;1-5,7-8H,9H2;2*1H;/q2*-1;;;+2/p-2. The molecule has 3 heteroatoms. The van der Waals surface area contributed by atoms with Gasteiger partial charge in [-0.05, 0) is 25.7 Å². The van der Waals surface area contributed by atoms with Gasteiger partial charge in [0.25, 0.3) is 0 Å². The molecular weight excluding hydrogens is 506 g/mol. The number of aryl methyl sites for hydroxylation is 1. The van der Waals surface area contributed by atoms with E-state index in [1.807, 2.05) is 6.07 Å². The van der Waals surface area contributed by atoms with E-state index in [-0.39, 0.29) is 14.4 Å². The van der Waals surface area contributed by atoms with Crippen molar-refractivity contribution in [2.24, 2.45) is 0 Å². The number of benzene rings is 4. The molecule has 0 atom stereocenters. The Balaban J connectivity index is 0.000000156. The van der Waals surface area contributed by atoms with Crippen LogP contribution >= 0.6 is 19.7 Å². The molecule has 0 aliphatic heterocycles. The molecule has 4 aromatic rings. The topological polar surface area (TPSA) is 0 Å². The van der Waals surface area contributed by atoms with Gasteiger partial charge in [-0.1, -0.05) is 77.2 Å². The van der Waals surface area contributed by atoms with Gasteiger partial charge in [0.1, 0.15) is 0 Å². The molecule has 6 rings (SSSR count). The second kappa shape index (κ2) is 13.1. The number of hydrogen-bond donors (Lipinski definition) is 0. The van der Waals surface area contributed by atoms with E-state index in [4.69, 9.17) is 26.1 Å². The number of terminal acetylenes is 1. The third-order valence-electron chi connectivity index (χ3n) is 6.45. The molecule has 0 heterocycles. The molecule has 175 valence electrons. The van der Waals surface area contributed by atoms with Crippen molar-refractivity contribution in [2.45, 2.75) is 38.5 Å². The largest absolute Gasteiger partial charge is 0.179 e. The maximum atomic E-state index is 5.31. The number of hydrogen-bond acceptors (Lipinski definition) is 0. The molecule has 0 unspecified atom stereocenters. The molecule has 0 amide bonds. The van der Waals surface area contributed by atoms with Gasteiger partial charge in [0, 0.05) is 6.42 Å². The number of fused-ring (bicyclic) bond motifs is 6. The molecule has 0 bridgehead atoms. The molecular formula is C32H26Cl2V-2. The summed E-state index contributed by atoms with van der Waals surface area (Å²) < 4.78 is 0. The van der Waals surface area contributed by atoms with Crippen molar-refractivity contribution in [1.82, 2.24) is 0 Å². The van der Waals surface area contributed by atoms with Gasteiger partial charge >= 0.3 is 34.1 Å². The van der Waals surface area contributed by atoms with Gasteiger partial charge in [-0.25, -0.2) is 0 Å². The first-order valence-corrected chi connectivity index (χ1v) is 15.7. The molecule has 0 spiro atoms. The minimum absolute atomic E-state index is 0.368. The Morgan fingerprint density at radius 2 is 1.37 bits per heavy atom. The summed E-state index contributed by atoms with van der Waals surface area (Å²) in [5.74, 6) is 2.72. The predicted octanol–water partition coefficient (Wildman–Crippen LogP) is 8.84. The summed E-state index contributed by atoms with van der Waals surface area (Å²) in [6.45, 7) is 0. The predicted molar refractivity (Wildman–Crippen MR) is 145 cm³/mol. The first kappa shape index (κ1) is 25.7. The van der Waals surface area contributed by atoms with Crippen molar-refractivity contribution in [3.63, 3.8) is 0 Å². The molecule has 4 aromatic carbocycles. The van der Waals surface area contributed by atoms with Crippen molar-refractivity contribution in [3.05, 3.63) is 119 Å². The molecule has 0 nitrogen and oxygen atoms in total. The Morgan fingerprint density at radius 1 is 0.743 bits per heavy atom. The molecule has 35 heavy (non-hydrogen) atoms. The average molecular weight is 532 g/mol. The minimum Gasteiger partial charge on any atom is -0.179 e. The van der Waals surface area contributed by atoms with E-state index in [0.29, 0.717) is 0 Å². The Labute approximate surface area is 225 Å². The molecule has 0 fully saturated rings. The Bertz CT molecular complexity index is 1280. The van der Waals surface area contributed by atoms with Crippen LogP contribution in [0.2, 0.25) is 0 Å². The number of halogens is 2. The summed E-state index contributed by atoms with van der Waals surface area (Å²) in [7, 11) is 9.72. The summed E-state index contributed by atoms with van der Waals surface area (Å²) in [6, 6.07) is 34.5. The molecule has 2 aliphatic carbocycles. The van der Waals surface area contributed by atoms with Crippen LogP contribution in [0.5, 0.6) is 0 Å². The van der Waals surface area contributed by atoms with Crippen LogP contribution in [0.25, 0.3) is 22.3 Å². The van der Waals surface area contributed by atoms with Crippen molar-refractivity contribution in [3.8, 4) is 34.6 Å². The van der Waals surface area contributed by atoms with Crippen molar-refractivity contribution in [1.29, 1.82) is 0 Å².